The van der Waals surface area contributed by atoms with Crippen molar-refractivity contribution in [2.75, 3.05) is 0 Å². The van der Waals surface area contributed by atoms with Crippen LogP contribution in [0.2, 0.25) is 0 Å². The van der Waals surface area contributed by atoms with Gasteiger partial charge in [0, 0.05) is 20.3 Å². The van der Waals surface area contributed by atoms with E-state index in [0.717, 1.165) is 0 Å². The summed E-state index contributed by atoms with van der Waals surface area (Å²) in [6.07, 6.45) is -2.06. The van der Waals surface area contributed by atoms with Crippen LogP contribution in [0.5, 0.6) is 0 Å². The van der Waals surface area contributed by atoms with Gasteiger partial charge in [-0.2, -0.15) is 5.26 Å². The number of nitriles is 1. The normalized spacial score (nSPS) is 15.8. The third-order valence-corrected chi connectivity index (χ3v) is 3.53. The highest BCUT2D eigenvalue weighted by molar-refractivity contribution is 9.09. The lowest BCUT2D eigenvalue weighted by Gasteiger charge is -2.32. The molecule has 0 unspecified atom stereocenters. The second-order valence-corrected chi connectivity index (χ2v) is 5.47. The Kier molecular flexibility index (Phi) is 9.37. The highest BCUT2D eigenvalue weighted by Gasteiger charge is 2.38. The van der Waals surface area contributed by atoms with Gasteiger partial charge in [-0.15, -0.1) is 0 Å². The fourth-order valence-corrected chi connectivity index (χ4v) is 2.33. The summed E-state index contributed by atoms with van der Waals surface area (Å²) >= 11 is 3.32. The number of esters is 2. The molecule has 118 valence electrons. The maximum Gasteiger partial charge on any atom is 0.303 e. The van der Waals surface area contributed by atoms with E-state index in [0.29, 0.717) is 6.42 Å². The summed E-state index contributed by atoms with van der Waals surface area (Å²) in [7, 11) is 0. The zero-order valence-corrected chi connectivity index (χ0v) is 13.7. The fraction of sp³-hybridized carbons (Fsp3) is 0.692. The predicted octanol–water partition coefficient (Wildman–Crippen LogP) is 1.48. The lowest BCUT2D eigenvalue weighted by atomic mass is 10.0. The van der Waals surface area contributed by atoms with Gasteiger partial charge in [0.15, 0.2) is 12.2 Å². The van der Waals surface area contributed by atoms with Gasteiger partial charge in [-0.25, -0.2) is 0 Å². The van der Waals surface area contributed by atoms with E-state index in [1.807, 2.05) is 6.07 Å². The van der Waals surface area contributed by atoms with Crippen LogP contribution in [0.15, 0.2) is 0 Å². The molecule has 21 heavy (non-hydrogen) atoms. The number of ether oxygens (including phenoxy) is 3. The summed E-state index contributed by atoms with van der Waals surface area (Å²) in [6, 6.07) is 1.98. The molecule has 0 aromatic carbocycles. The average Bonchev–Trinajstić information content (AvgIpc) is 2.39. The summed E-state index contributed by atoms with van der Waals surface area (Å²) < 4.78 is 15.1. The molecule has 0 aliphatic carbocycles. The van der Waals surface area contributed by atoms with Gasteiger partial charge in [0.05, 0.1) is 10.9 Å². The fourth-order valence-electron chi connectivity index (χ4n) is 1.69. The zero-order chi connectivity index (χ0) is 16.4. The van der Waals surface area contributed by atoms with Crippen LogP contribution in [-0.2, 0) is 28.6 Å². The Morgan fingerprint density at radius 2 is 1.76 bits per heavy atom. The summed E-state index contributed by atoms with van der Waals surface area (Å²) in [5.74, 6) is -1.17. The number of hydrogen-bond acceptors (Lipinski definition) is 7. The van der Waals surface area contributed by atoms with Crippen molar-refractivity contribution in [2.45, 2.75) is 56.8 Å². The molecule has 0 fully saturated rings. The smallest absolute Gasteiger partial charge is 0.303 e. The van der Waals surface area contributed by atoms with Crippen LogP contribution in [0.1, 0.15) is 33.6 Å². The van der Waals surface area contributed by atoms with Gasteiger partial charge in [-0.1, -0.05) is 15.9 Å². The van der Waals surface area contributed by atoms with E-state index in [1.165, 1.54) is 20.8 Å². The molecule has 0 aliphatic rings. The van der Waals surface area contributed by atoms with Gasteiger partial charge in [0.2, 0.25) is 0 Å². The SMILES string of the molecule is CC(=O)O[C@H]([C@@H](OC(C)=O)[C@@H](Br)CCC#N)[C@H](C)OC=O. The Morgan fingerprint density at radius 1 is 1.24 bits per heavy atom. The minimum Gasteiger partial charge on any atom is -0.461 e. The van der Waals surface area contributed by atoms with Crippen LogP contribution in [0.25, 0.3) is 0 Å². The van der Waals surface area contributed by atoms with Gasteiger partial charge >= 0.3 is 11.9 Å². The molecule has 0 saturated carbocycles. The van der Waals surface area contributed by atoms with Gasteiger partial charge < -0.3 is 14.2 Å². The molecule has 7 nitrogen and oxygen atoms in total. The molecule has 0 aromatic heterocycles. The van der Waals surface area contributed by atoms with E-state index in [9.17, 15) is 14.4 Å². The molecule has 0 aliphatic heterocycles. The first kappa shape index (κ1) is 19.4. The maximum atomic E-state index is 11.2. The molecule has 0 bridgehead atoms. The highest BCUT2D eigenvalue weighted by Crippen LogP contribution is 2.23. The molecule has 0 amide bonds. The summed E-state index contributed by atoms with van der Waals surface area (Å²) in [6.45, 7) is 4.16. The van der Waals surface area contributed by atoms with Gasteiger partial charge in [0.1, 0.15) is 6.10 Å². The number of rotatable bonds is 9. The molecule has 0 radical (unpaired) electrons. The van der Waals surface area contributed by atoms with E-state index in [2.05, 4.69) is 15.9 Å². The first-order valence-electron chi connectivity index (χ1n) is 6.28. The number of alkyl halides is 1. The lowest BCUT2D eigenvalue weighted by molar-refractivity contribution is -0.178. The van der Waals surface area contributed by atoms with Crippen molar-refractivity contribution in [1.82, 2.24) is 0 Å². The van der Waals surface area contributed by atoms with Crippen molar-refractivity contribution in [3.63, 3.8) is 0 Å². The summed E-state index contributed by atoms with van der Waals surface area (Å²) in [5.41, 5.74) is 0. The molecular formula is C13H18BrNO6. The molecule has 8 heteroatoms. The molecule has 0 saturated heterocycles. The van der Waals surface area contributed by atoms with Crippen molar-refractivity contribution < 1.29 is 28.6 Å². The van der Waals surface area contributed by atoms with Crippen LogP contribution in [0.3, 0.4) is 0 Å². The zero-order valence-electron chi connectivity index (χ0n) is 12.1. The van der Waals surface area contributed by atoms with Gasteiger partial charge in [-0.3, -0.25) is 14.4 Å². The first-order chi connectivity index (χ1) is 9.83. The van der Waals surface area contributed by atoms with Gasteiger partial charge in [-0.05, 0) is 13.3 Å². The molecule has 0 aromatic rings. The predicted molar refractivity (Wildman–Crippen MR) is 75.3 cm³/mol. The quantitative estimate of drug-likeness (QED) is 0.264. The Bertz CT molecular complexity index is 408. The van der Waals surface area contributed by atoms with Crippen molar-refractivity contribution in [3.05, 3.63) is 0 Å². The Balaban J connectivity index is 5.22. The number of nitrogens with zero attached hydrogens (tertiary/aromatic N) is 1. The van der Waals surface area contributed by atoms with Crippen molar-refractivity contribution in [2.24, 2.45) is 0 Å². The minimum atomic E-state index is -0.973. The Labute approximate surface area is 131 Å². The largest absolute Gasteiger partial charge is 0.461 e. The van der Waals surface area contributed by atoms with Crippen molar-refractivity contribution in [1.29, 1.82) is 5.26 Å². The van der Waals surface area contributed by atoms with E-state index >= 15 is 0 Å². The Hall–Kier alpha value is -1.62. The Morgan fingerprint density at radius 3 is 2.19 bits per heavy atom. The molecular weight excluding hydrogens is 346 g/mol. The number of halogens is 1. The first-order valence-corrected chi connectivity index (χ1v) is 7.19. The van der Waals surface area contributed by atoms with Crippen LogP contribution in [-0.4, -0.2) is 41.5 Å². The van der Waals surface area contributed by atoms with Crippen LogP contribution in [0, 0.1) is 11.3 Å². The molecule has 0 rings (SSSR count). The molecule has 0 N–H and O–H groups in total. The van der Waals surface area contributed by atoms with Crippen molar-refractivity contribution >= 4 is 34.3 Å². The molecule has 0 spiro atoms. The average molecular weight is 364 g/mol. The maximum absolute atomic E-state index is 11.2. The van der Waals surface area contributed by atoms with Crippen LogP contribution in [0.4, 0.5) is 0 Å². The second kappa shape index (κ2) is 10.2. The minimum absolute atomic E-state index is 0.226. The van der Waals surface area contributed by atoms with Crippen molar-refractivity contribution in [3.8, 4) is 6.07 Å². The number of carbonyl (C=O) groups excluding carboxylic acids is 3. The van der Waals surface area contributed by atoms with E-state index in [-0.39, 0.29) is 12.9 Å². The molecule has 4 atom stereocenters. The van der Waals surface area contributed by atoms with E-state index in [4.69, 9.17) is 19.5 Å². The van der Waals surface area contributed by atoms with E-state index in [1.54, 1.807) is 0 Å². The monoisotopic (exact) mass is 363 g/mol. The third kappa shape index (κ3) is 7.66. The van der Waals surface area contributed by atoms with Crippen LogP contribution < -0.4 is 0 Å². The topological polar surface area (TPSA) is 103 Å². The standard InChI is InChI=1S/C13H18BrNO6/c1-8(19-7-16)12(20-9(2)17)13(21-10(3)18)11(14)5-4-6-15/h7-8,11-13H,4-5H2,1-3H3/t8-,11-,12-,13-/m0/s1. The van der Waals surface area contributed by atoms with Crippen LogP contribution >= 0.6 is 15.9 Å². The summed E-state index contributed by atoms with van der Waals surface area (Å²) in [5, 5.41) is 8.62. The van der Waals surface area contributed by atoms with E-state index < -0.39 is 35.1 Å². The van der Waals surface area contributed by atoms with Gasteiger partial charge in [0.25, 0.3) is 6.47 Å². The number of hydrogen-bond donors (Lipinski definition) is 0. The third-order valence-electron chi connectivity index (χ3n) is 2.55. The second-order valence-electron chi connectivity index (χ2n) is 4.30. The summed E-state index contributed by atoms with van der Waals surface area (Å²) in [4.78, 5) is 32.5. The number of carbonyl (C=O) groups is 3. The lowest BCUT2D eigenvalue weighted by Crippen LogP contribution is -2.47. The highest BCUT2D eigenvalue weighted by atomic mass is 79.9. The molecule has 0 heterocycles.